The SMILES string of the molecule is COc1ccc(CC(=O)OCC(=O)/C=C2/N(C)c3ccccc3C2(C)C)cc1. The van der Waals surface area contributed by atoms with E-state index in [-0.39, 0.29) is 24.2 Å². The van der Waals surface area contributed by atoms with Crippen LogP contribution in [0.3, 0.4) is 0 Å². The Morgan fingerprint density at radius 1 is 1.07 bits per heavy atom. The van der Waals surface area contributed by atoms with Crippen molar-refractivity contribution >= 4 is 17.4 Å². The first-order chi connectivity index (χ1) is 13.3. The van der Waals surface area contributed by atoms with Crippen LogP contribution in [0.1, 0.15) is 25.0 Å². The average Bonchev–Trinajstić information content (AvgIpc) is 2.88. The summed E-state index contributed by atoms with van der Waals surface area (Å²) < 4.78 is 10.3. The summed E-state index contributed by atoms with van der Waals surface area (Å²) in [5, 5.41) is 0. The predicted octanol–water partition coefficient (Wildman–Crippen LogP) is 3.66. The van der Waals surface area contributed by atoms with Gasteiger partial charge in [0.05, 0.1) is 13.5 Å². The maximum absolute atomic E-state index is 12.4. The summed E-state index contributed by atoms with van der Waals surface area (Å²) in [7, 11) is 3.54. The zero-order chi connectivity index (χ0) is 20.3. The maximum Gasteiger partial charge on any atom is 0.310 e. The second-order valence-electron chi connectivity index (χ2n) is 7.38. The van der Waals surface area contributed by atoms with Crippen LogP contribution in [-0.4, -0.2) is 32.5 Å². The summed E-state index contributed by atoms with van der Waals surface area (Å²) in [6.07, 6.45) is 1.70. The van der Waals surface area contributed by atoms with Crippen molar-refractivity contribution in [2.45, 2.75) is 25.7 Å². The Labute approximate surface area is 165 Å². The molecule has 146 valence electrons. The smallest absolute Gasteiger partial charge is 0.310 e. The number of para-hydroxylation sites is 1. The largest absolute Gasteiger partial charge is 0.497 e. The molecule has 0 fully saturated rings. The number of carbonyl (C=O) groups excluding carboxylic acids is 2. The predicted molar refractivity (Wildman–Crippen MR) is 109 cm³/mol. The number of rotatable bonds is 6. The van der Waals surface area contributed by atoms with E-state index in [1.807, 2.05) is 30.1 Å². The van der Waals surface area contributed by atoms with Gasteiger partial charge in [0, 0.05) is 29.9 Å². The third kappa shape index (κ3) is 3.93. The van der Waals surface area contributed by atoms with Gasteiger partial charge in [0.15, 0.2) is 12.4 Å². The molecular weight excluding hydrogens is 354 g/mol. The van der Waals surface area contributed by atoms with E-state index >= 15 is 0 Å². The molecule has 1 heterocycles. The first-order valence-electron chi connectivity index (χ1n) is 9.19. The van der Waals surface area contributed by atoms with Gasteiger partial charge in [-0.05, 0) is 29.3 Å². The number of likely N-dealkylation sites (N-methyl/N-ethyl adjacent to an activating group) is 1. The molecule has 0 amide bonds. The van der Waals surface area contributed by atoms with E-state index in [0.717, 1.165) is 22.7 Å². The number of fused-ring (bicyclic) bond motifs is 1. The number of ketones is 1. The fourth-order valence-electron chi connectivity index (χ4n) is 3.57. The molecule has 0 bridgehead atoms. The van der Waals surface area contributed by atoms with E-state index in [1.165, 1.54) is 5.56 Å². The lowest BCUT2D eigenvalue weighted by atomic mass is 9.83. The summed E-state index contributed by atoms with van der Waals surface area (Å²) in [6, 6.07) is 15.3. The Kier molecular flexibility index (Phi) is 5.54. The average molecular weight is 379 g/mol. The van der Waals surface area contributed by atoms with Crippen LogP contribution in [0.25, 0.3) is 0 Å². The summed E-state index contributed by atoms with van der Waals surface area (Å²) >= 11 is 0. The van der Waals surface area contributed by atoms with Crippen LogP contribution in [0.15, 0.2) is 60.3 Å². The molecule has 0 saturated carbocycles. The van der Waals surface area contributed by atoms with Gasteiger partial charge in [-0.25, -0.2) is 0 Å². The number of allylic oxidation sites excluding steroid dienone is 1. The Hall–Kier alpha value is -3.08. The van der Waals surface area contributed by atoms with Crippen LogP contribution in [0, 0.1) is 0 Å². The topological polar surface area (TPSA) is 55.8 Å². The fourth-order valence-corrected chi connectivity index (χ4v) is 3.57. The van der Waals surface area contributed by atoms with Crippen LogP contribution in [0.2, 0.25) is 0 Å². The number of benzene rings is 2. The minimum absolute atomic E-state index is 0.116. The van der Waals surface area contributed by atoms with Gasteiger partial charge in [-0.1, -0.05) is 44.2 Å². The van der Waals surface area contributed by atoms with Crippen molar-refractivity contribution in [2.75, 3.05) is 25.7 Å². The minimum atomic E-state index is -0.431. The molecule has 28 heavy (non-hydrogen) atoms. The van der Waals surface area contributed by atoms with Crippen LogP contribution < -0.4 is 9.64 Å². The molecule has 2 aromatic rings. The molecule has 5 heteroatoms. The highest BCUT2D eigenvalue weighted by Gasteiger charge is 2.38. The normalized spacial score (nSPS) is 16.0. The van der Waals surface area contributed by atoms with E-state index in [9.17, 15) is 9.59 Å². The first-order valence-corrected chi connectivity index (χ1v) is 9.19. The molecule has 0 unspecified atom stereocenters. The van der Waals surface area contributed by atoms with Gasteiger partial charge in [-0.2, -0.15) is 0 Å². The number of anilines is 1. The number of ether oxygens (including phenoxy) is 2. The van der Waals surface area contributed by atoms with Gasteiger partial charge < -0.3 is 14.4 Å². The van der Waals surface area contributed by atoms with E-state index in [1.54, 1.807) is 37.5 Å². The van der Waals surface area contributed by atoms with Crippen molar-refractivity contribution in [2.24, 2.45) is 0 Å². The van der Waals surface area contributed by atoms with Gasteiger partial charge >= 0.3 is 5.97 Å². The Morgan fingerprint density at radius 3 is 2.39 bits per heavy atom. The molecule has 0 radical (unpaired) electrons. The van der Waals surface area contributed by atoms with Crippen LogP contribution in [0.5, 0.6) is 5.75 Å². The first kappa shape index (κ1) is 19.7. The molecule has 1 aliphatic heterocycles. The van der Waals surface area contributed by atoms with E-state index in [2.05, 4.69) is 19.9 Å². The van der Waals surface area contributed by atoms with E-state index in [0.29, 0.717) is 0 Å². The van der Waals surface area contributed by atoms with Crippen molar-refractivity contribution in [3.05, 3.63) is 71.4 Å². The number of nitrogens with zero attached hydrogens (tertiary/aromatic N) is 1. The molecule has 0 aliphatic carbocycles. The summed E-state index contributed by atoms with van der Waals surface area (Å²) in [6.45, 7) is 3.91. The third-order valence-electron chi connectivity index (χ3n) is 5.12. The van der Waals surface area contributed by atoms with E-state index in [4.69, 9.17) is 9.47 Å². The van der Waals surface area contributed by atoms with Crippen LogP contribution in [-0.2, 0) is 26.2 Å². The van der Waals surface area contributed by atoms with Gasteiger partial charge in [0.1, 0.15) is 5.75 Å². The Bertz CT molecular complexity index is 912. The third-order valence-corrected chi connectivity index (χ3v) is 5.12. The zero-order valence-corrected chi connectivity index (χ0v) is 16.7. The highest BCUT2D eigenvalue weighted by Crippen LogP contribution is 2.46. The van der Waals surface area contributed by atoms with Gasteiger partial charge in [0.2, 0.25) is 0 Å². The molecular formula is C23H25NO4. The number of hydrogen-bond donors (Lipinski definition) is 0. The second-order valence-corrected chi connectivity index (χ2v) is 7.38. The lowest BCUT2D eigenvalue weighted by Crippen LogP contribution is -2.25. The van der Waals surface area contributed by atoms with Crippen molar-refractivity contribution < 1.29 is 19.1 Å². The van der Waals surface area contributed by atoms with Crippen molar-refractivity contribution in [1.82, 2.24) is 0 Å². The molecule has 1 aliphatic rings. The molecule has 3 rings (SSSR count). The lowest BCUT2D eigenvalue weighted by molar-refractivity contribution is -0.146. The molecule has 0 spiro atoms. The Balaban J connectivity index is 1.61. The van der Waals surface area contributed by atoms with Gasteiger partial charge in [-0.3, -0.25) is 9.59 Å². The number of esters is 1. The number of hydrogen-bond acceptors (Lipinski definition) is 5. The summed E-state index contributed by atoms with van der Waals surface area (Å²) in [5.74, 6) is 0.0632. The summed E-state index contributed by atoms with van der Waals surface area (Å²) in [5.41, 5.74) is 3.68. The summed E-state index contributed by atoms with van der Waals surface area (Å²) in [4.78, 5) is 26.5. The molecule has 0 N–H and O–H groups in total. The maximum atomic E-state index is 12.4. The molecule has 0 atom stereocenters. The van der Waals surface area contributed by atoms with Crippen LogP contribution in [0.4, 0.5) is 5.69 Å². The number of carbonyl (C=O) groups is 2. The minimum Gasteiger partial charge on any atom is -0.497 e. The molecule has 5 nitrogen and oxygen atoms in total. The monoisotopic (exact) mass is 379 g/mol. The van der Waals surface area contributed by atoms with Gasteiger partial charge in [-0.15, -0.1) is 0 Å². The fraction of sp³-hybridized carbons (Fsp3) is 0.304. The van der Waals surface area contributed by atoms with Crippen LogP contribution >= 0.6 is 0 Å². The highest BCUT2D eigenvalue weighted by atomic mass is 16.5. The van der Waals surface area contributed by atoms with Crippen molar-refractivity contribution in [3.63, 3.8) is 0 Å². The van der Waals surface area contributed by atoms with Crippen molar-refractivity contribution in [3.8, 4) is 5.75 Å². The van der Waals surface area contributed by atoms with Gasteiger partial charge in [0.25, 0.3) is 0 Å². The highest BCUT2D eigenvalue weighted by molar-refractivity contribution is 5.94. The number of methoxy groups -OCH3 is 1. The molecule has 0 saturated heterocycles. The zero-order valence-electron chi connectivity index (χ0n) is 16.7. The molecule has 2 aromatic carbocycles. The second kappa shape index (κ2) is 7.89. The van der Waals surface area contributed by atoms with Crippen molar-refractivity contribution in [1.29, 1.82) is 0 Å². The standard InChI is InChI=1S/C23H25NO4/c1-23(2)19-7-5-6-8-20(19)24(3)21(23)14-17(25)15-28-22(26)13-16-9-11-18(27-4)12-10-16/h5-12,14H,13,15H2,1-4H3/b21-14+. The Morgan fingerprint density at radius 2 is 1.75 bits per heavy atom. The van der Waals surface area contributed by atoms with E-state index < -0.39 is 5.97 Å². The quantitative estimate of drug-likeness (QED) is 0.566. The lowest BCUT2D eigenvalue weighted by Gasteiger charge is -2.23. The molecule has 0 aromatic heterocycles.